The first-order valence-corrected chi connectivity index (χ1v) is 7.49. The lowest BCUT2D eigenvalue weighted by Crippen LogP contribution is -2.32. The fourth-order valence-electron chi connectivity index (χ4n) is 2.92. The van der Waals surface area contributed by atoms with Crippen LogP contribution in [0.25, 0.3) is 12.7 Å². The summed E-state index contributed by atoms with van der Waals surface area (Å²) in [5.74, 6) is 0.691. The zero-order chi connectivity index (χ0) is 13.7. The standard InChI is InChI=1S/C17H26N2/c1-4-6-7-16-14(3)19(12-5-2)13-17(16)15-8-10-18-11-9-15/h4,6-7,13,15,18H,3,5,8-12H2,1-2H3/b6-4-,16-7+. The highest BCUT2D eigenvalue weighted by Crippen LogP contribution is 2.22. The maximum atomic E-state index is 4.29. The van der Waals surface area contributed by atoms with Crippen molar-refractivity contribution >= 4 is 12.7 Å². The monoisotopic (exact) mass is 258 g/mol. The fraction of sp³-hybridized carbons (Fsp3) is 0.529. The van der Waals surface area contributed by atoms with Crippen molar-refractivity contribution in [3.8, 4) is 0 Å². The van der Waals surface area contributed by atoms with Crippen LogP contribution in [0.1, 0.15) is 44.6 Å². The molecule has 0 radical (unpaired) electrons. The van der Waals surface area contributed by atoms with Crippen molar-refractivity contribution in [1.29, 1.82) is 0 Å². The zero-order valence-electron chi connectivity index (χ0n) is 12.3. The van der Waals surface area contributed by atoms with Gasteiger partial charge in [-0.1, -0.05) is 31.7 Å². The summed E-state index contributed by atoms with van der Waals surface area (Å²) in [7, 11) is 0. The van der Waals surface area contributed by atoms with Crippen molar-refractivity contribution in [2.75, 3.05) is 13.1 Å². The molecule has 1 fully saturated rings. The molecule has 2 heterocycles. The van der Waals surface area contributed by atoms with Crippen molar-refractivity contribution in [2.24, 2.45) is 0 Å². The second-order valence-corrected chi connectivity index (χ2v) is 5.35. The van der Waals surface area contributed by atoms with E-state index < -0.39 is 0 Å². The number of nitrogens with zero attached hydrogens (tertiary/aromatic N) is 1. The average Bonchev–Trinajstić information content (AvgIpc) is 2.75. The Labute approximate surface area is 116 Å². The largest absolute Gasteiger partial charge is 0.348 e. The summed E-state index contributed by atoms with van der Waals surface area (Å²) in [6.07, 6.45) is 12.4. The Morgan fingerprint density at radius 2 is 2.16 bits per heavy atom. The lowest BCUT2D eigenvalue weighted by Gasteiger charge is -2.22. The first kappa shape index (κ1) is 14.1. The van der Waals surface area contributed by atoms with Gasteiger partial charge in [-0.15, -0.1) is 0 Å². The van der Waals surface area contributed by atoms with Gasteiger partial charge in [-0.3, -0.25) is 0 Å². The summed E-state index contributed by atoms with van der Waals surface area (Å²) in [5, 5.41) is 5.97. The highest BCUT2D eigenvalue weighted by molar-refractivity contribution is 5.41. The fourth-order valence-corrected chi connectivity index (χ4v) is 2.92. The first-order chi connectivity index (χ1) is 9.27. The third-order valence-corrected chi connectivity index (χ3v) is 3.96. The van der Waals surface area contributed by atoms with E-state index in [0.717, 1.165) is 26.1 Å². The highest BCUT2D eigenvalue weighted by Gasteiger charge is 2.18. The third-order valence-electron chi connectivity index (χ3n) is 3.96. The second-order valence-electron chi connectivity index (χ2n) is 5.35. The van der Waals surface area contributed by atoms with Crippen LogP contribution < -0.4 is 15.9 Å². The molecule has 0 aliphatic carbocycles. The van der Waals surface area contributed by atoms with Crippen molar-refractivity contribution < 1.29 is 0 Å². The molecule has 1 aliphatic rings. The summed E-state index contributed by atoms with van der Waals surface area (Å²) in [6, 6.07) is 0. The molecule has 19 heavy (non-hydrogen) atoms. The van der Waals surface area contributed by atoms with E-state index in [1.807, 2.05) is 0 Å². The van der Waals surface area contributed by atoms with E-state index in [-0.39, 0.29) is 0 Å². The molecular formula is C17H26N2. The van der Waals surface area contributed by atoms with Gasteiger partial charge < -0.3 is 9.88 Å². The Morgan fingerprint density at radius 1 is 1.42 bits per heavy atom. The zero-order valence-corrected chi connectivity index (χ0v) is 12.3. The van der Waals surface area contributed by atoms with E-state index >= 15 is 0 Å². The van der Waals surface area contributed by atoms with Crippen LogP contribution in [-0.4, -0.2) is 17.7 Å². The van der Waals surface area contributed by atoms with Crippen LogP contribution in [0, 0.1) is 0 Å². The normalized spacial score (nSPS) is 18.5. The maximum absolute atomic E-state index is 4.29. The number of nitrogens with one attached hydrogen (secondary N) is 1. The number of allylic oxidation sites excluding steroid dienone is 2. The second kappa shape index (κ2) is 6.76. The van der Waals surface area contributed by atoms with Gasteiger partial charge in [0.05, 0.1) is 0 Å². The van der Waals surface area contributed by atoms with Gasteiger partial charge in [0.25, 0.3) is 0 Å². The smallest absolute Gasteiger partial charge is 0.0410 e. The molecule has 0 aromatic carbocycles. The van der Waals surface area contributed by atoms with Gasteiger partial charge >= 0.3 is 0 Å². The van der Waals surface area contributed by atoms with Gasteiger partial charge in [0.2, 0.25) is 0 Å². The Morgan fingerprint density at radius 3 is 2.79 bits per heavy atom. The van der Waals surface area contributed by atoms with Crippen LogP contribution in [-0.2, 0) is 6.54 Å². The number of piperidine rings is 1. The van der Waals surface area contributed by atoms with Gasteiger partial charge in [0, 0.05) is 23.3 Å². The summed E-state index contributed by atoms with van der Waals surface area (Å²) in [5.41, 5.74) is 1.50. The van der Waals surface area contributed by atoms with E-state index in [9.17, 15) is 0 Å². The topological polar surface area (TPSA) is 17.0 Å². The molecule has 2 nitrogen and oxygen atoms in total. The van der Waals surface area contributed by atoms with Crippen LogP contribution in [0.2, 0.25) is 0 Å². The van der Waals surface area contributed by atoms with Crippen LogP contribution in [0.5, 0.6) is 0 Å². The predicted molar refractivity (Wildman–Crippen MR) is 83.6 cm³/mol. The third kappa shape index (κ3) is 3.19. The lowest BCUT2D eigenvalue weighted by molar-refractivity contribution is 0.458. The summed E-state index contributed by atoms with van der Waals surface area (Å²) in [4.78, 5) is 0. The average molecular weight is 258 g/mol. The lowest BCUT2D eigenvalue weighted by atomic mass is 9.91. The number of rotatable bonds is 4. The highest BCUT2D eigenvalue weighted by atomic mass is 14.9. The Balaban J connectivity index is 2.45. The molecule has 2 rings (SSSR count). The number of hydrogen-bond acceptors (Lipinski definition) is 1. The van der Waals surface area contributed by atoms with Crippen LogP contribution in [0.3, 0.4) is 0 Å². The molecule has 0 unspecified atom stereocenters. The van der Waals surface area contributed by atoms with Crippen molar-refractivity contribution in [1.82, 2.24) is 9.88 Å². The molecule has 0 amide bonds. The maximum Gasteiger partial charge on any atom is 0.0410 e. The first-order valence-electron chi connectivity index (χ1n) is 7.49. The SMILES string of the molecule is C=c1/c(=C\C=C/C)c(C2CCNCC2)cn1CCC. The summed E-state index contributed by atoms with van der Waals surface area (Å²) in [6.45, 7) is 11.9. The van der Waals surface area contributed by atoms with E-state index in [4.69, 9.17) is 0 Å². The molecular weight excluding hydrogens is 232 g/mol. The van der Waals surface area contributed by atoms with Crippen molar-refractivity contribution in [3.63, 3.8) is 0 Å². The molecule has 0 atom stereocenters. The van der Waals surface area contributed by atoms with Gasteiger partial charge in [-0.05, 0) is 50.8 Å². The van der Waals surface area contributed by atoms with Crippen LogP contribution in [0.15, 0.2) is 18.3 Å². The number of hydrogen-bond donors (Lipinski definition) is 1. The van der Waals surface area contributed by atoms with Gasteiger partial charge in [0.1, 0.15) is 0 Å². The molecule has 1 aromatic rings. The molecule has 0 bridgehead atoms. The Kier molecular flexibility index (Phi) is 5.03. The van der Waals surface area contributed by atoms with Crippen molar-refractivity contribution in [3.05, 3.63) is 34.5 Å². The quantitative estimate of drug-likeness (QED) is 0.875. The molecule has 1 saturated heterocycles. The minimum absolute atomic E-state index is 0.691. The van der Waals surface area contributed by atoms with Crippen LogP contribution >= 0.6 is 0 Å². The van der Waals surface area contributed by atoms with E-state index in [2.05, 4.69) is 54.7 Å². The molecule has 0 spiro atoms. The Bertz CT molecular complexity index is 530. The van der Waals surface area contributed by atoms with E-state index in [1.165, 1.54) is 29.0 Å². The molecule has 1 aliphatic heterocycles. The minimum Gasteiger partial charge on any atom is -0.348 e. The van der Waals surface area contributed by atoms with Gasteiger partial charge in [-0.2, -0.15) is 0 Å². The number of aryl methyl sites for hydroxylation is 1. The predicted octanol–water partition coefficient (Wildman–Crippen LogP) is 2.13. The van der Waals surface area contributed by atoms with E-state index in [0.29, 0.717) is 5.92 Å². The van der Waals surface area contributed by atoms with Gasteiger partial charge in [-0.25, -0.2) is 0 Å². The molecule has 104 valence electrons. The number of aromatic nitrogens is 1. The molecule has 1 aromatic heterocycles. The molecule has 2 heteroatoms. The Hall–Kier alpha value is -1.28. The molecule has 1 N–H and O–H groups in total. The van der Waals surface area contributed by atoms with Crippen molar-refractivity contribution in [2.45, 2.75) is 45.6 Å². The van der Waals surface area contributed by atoms with Crippen LogP contribution in [0.4, 0.5) is 0 Å². The summed E-state index contributed by atoms with van der Waals surface area (Å²) >= 11 is 0. The van der Waals surface area contributed by atoms with E-state index in [1.54, 1.807) is 0 Å². The van der Waals surface area contributed by atoms with Gasteiger partial charge in [0.15, 0.2) is 0 Å². The molecule has 0 saturated carbocycles. The summed E-state index contributed by atoms with van der Waals surface area (Å²) < 4.78 is 2.33. The minimum atomic E-state index is 0.691.